The third-order valence-corrected chi connectivity index (χ3v) is 4.09. The molecule has 18 heavy (non-hydrogen) atoms. The lowest BCUT2D eigenvalue weighted by molar-refractivity contribution is 0.238. The molecule has 3 heteroatoms. The first-order valence-electron chi connectivity index (χ1n) is 7.59. The Bertz CT molecular complexity index is 283. The Balaban J connectivity index is 1.70. The smallest absolute Gasteiger partial charge is 0.318 e. The molecule has 2 fully saturated rings. The Labute approximate surface area is 110 Å². The van der Waals surface area contributed by atoms with Crippen molar-refractivity contribution in [2.75, 3.05) is 0 Å². The molecule has 0 heterocycles. The molecule has 102 valence electrons. The SMILES string of the molecule is O=C(NC=C1CCCCC1)NC1CCCCCC1. The van der Waals surface area contributed by atoms with Gasteiger partial charge in [-0.2, -0.15) is 0 Å². The summed E-state index contributed by atoms with van der Waals surface area (Å²) in [4.78, 5) is 11.8. The number of carbonyl (C=O) groups excluding carboxylic acids is 1. The van der Waals surface area contributed by atoms with Crippen LogP contribution in [0.4, 0.5) is 4.79 Å². The second kappa shape index (κ2) is 7.45. The van der Waals surface area contributed by atoms with Crippen molar-refractivity contribution in [1.82, 2.24) is 10.6 Å². The fraction of sp³-hybridized carbons (Fsp3) is 0.800. The van der Waals surface area contributed by atoms with Gasteiger partial charge in [-0.1, -0.05) is 37.7 Å². The first-order chi connectivity index (χ1) is 8.84. The standard InChI is InChI=1S/C15H26N2O/c18-15(16-12-13-8-4-3-5-9-13)17-14-10-6-1-2-7-11-14/h12,14H,1-11H2,(H2,16,17,18). The number of allylic oxidation sites excluding steroid dienone is 1. The van der Waals surface area contributed by atoms with E-state index in [0.29, 0.717) is 6.04 Å². The summed E-state index contributed by atoms with van der Waals surface area (Å²) in [6.07, 6.45) is 15.6. The minimum absolute atomic E-state index is 0.0139. The highest BCUT2D eigenvalue weighted by atomic mass is 16.2. The Morgan fingerprint density at radius 3 is 2.22 bits per heavy atom. The summed E-state index contributed by atoms with van der Waals surface area (Å²) in [6, 6.07) is 0.372. The van der Waals surface area contributed by atoms with Gasteiger partial charge in [0.1, 0.15) is 0 Å². The van der Waals surface area contributed by atoms with Crippen LogP contribution in [-0.2, 0) is 0 Å². The van der Waals surface area contributed by atoms with E-state index in [1.54, 1.807) is 0 Å². The van der Waals surface area contributed by atoms with E-state index in [4.69, 9.17) is 0 Å². The van der Waals surface area contributed by atoms with Crippen molar-refractivity contribution < 1.29 is 4.79 Å². The second-order valence-corrected chi connectivity index (χ2v) is 5.67. The average molecular weight is 250 g/mol. The molecule has 0 aliphatic heterocycles. The van der Waals surface area contributed by atoms with Crippen molar-refractivity contribution in [3.63, 3.8) is 0 Å². The molecular formula is C15H26N2O. The van der Waals surface area contributed by atoms with E-state index >= 15 is 0 Å². The third-order valence-electron chi connectivity index (χ3n) is 4.09. The van der Waals surface area contributed by atoms with Crippen LogP contribution in [0.2, 0.25) is 0 Å². The first kappa shape index (κ1) is 13.4. The molecule has 0 radical (unpaired) electrons. The van der Waals surface area contributed by atoms with E-state index in [9.17, 15) is 4.79 Å². The van der Waals surface area contributed by atoms with Crippen molar-refractivity contribution in [2.24, 2.45) is 0 Å². The molecule has 0 spiro atoms. The Morgan fingerprint density at radius 1 is 0.944 bits per heavy atom. The van der Waals surface area contributed by atoms with Gasteiger partial charge in [-0.25, -0.2) is 4.79 Å². The zero-order valence-corrected chi connectivity index (χ0v) is 11.3. The normalized spacial score (nSPS) is 22.1. The summed E-state index contributed by atoms with van der Waals surface area (Å²) >= 11 is 0. The number of hydrogen-bond acceptors (Lipinski definition) is 1. The minimum atomic E-state index is -0.0139. The molecule has 2 amide bonds. The van der Waals surface area contributed by atoms with Crippen LogP contribution in [0.25, 0.3) is 0 Å². The van der Waals surface area contributed by atoms with Crippen LogP contribution in [0, 0.1) is 0 Å². The highest BCUT2D eigenvalue weighted by Gasteiger charge is 2.14. The topological polar surface area (TPSA) is 41.1 Å². The van der Waals surface area contributed by atoms with Crippen LogP contribution >= 0.6 is 0 Å². The summed E-state index contributed by atoms with van der Waals surface area (Å²) in [7, 11) is 0. The van der Waals surface area contributed by atoms with Crippen LogP contribution in [0.5, 0.6) is 0 Å². The second-order valence-electron chi connectivity index (χ2n) is 5.67. The van der Waals surface area contributed by atoms with E-state index in [-0.39, 0.29) is 6.03 Å². The summed E-state index contributed by atoms with van der Waals surface area (Å²) < 4.78 is 0. The molecule has 0 unspecified atom stereocenters. The quantitative estimate of drug-likeness (QED) is 0.718. The zero-order chi connectivity index (χ0) is 12.6. The number of carbonyl (C=O) groups is 1. The molecule has 0 saturated heterocycles. The maximum atomic E-state index is 11.8. The maximum absolute atomic E-state index is 11.8. The summed E-state index contributed by atoms with van der Waals surface area (Å²) in [6.45, 7) is 0. The fourth-order valence-electron chi connectivity index (χ4n) is 2.97. The van der Waals surface area contributed by atoms with Crippen molar-refractivity contribution in [3.05, 3.63) is 11.8 Å². The van der Waals surface area contributed by atoms with Gasteiger partial charge in [0.05, 0.1) is 0 Å². The van der Waals surface area contributed by atoms with Gasteiger partial charge in [0.2, 0.25) is 0 Å². The number of rotatable bonds is 2. The van der Waals surface area contributed by atoms with Gasteiger partial charge in [-0.05, 0) is 38.5 Å². The van der Waals surface area contributed by atoms with Crippen molar-refractivity contribution in [2.45, 2.75) is 76.7 Å². The van der Waals surface area contributed by atoms with Crippen LogP contribution in [0.15, 0.2) is 11.8 Å². The van der Waals surface area contributed by atoms with Crippen molar-refractivity contribution in [1.29, 1.82) is 0 Å². The largest absolute Gasteiger partial charge is 0.335 e. The molecule has 2 aliphatic carbocycles. The summed E-state index contributed by atoms with van der Waals surface area (Å²) in [5, 5.41) is 6.01. The third kappa shape index (κ3) is 4.71. The zero-order valence-electron chi connectivity index (χ0n) is 11.3. The van der Waals surface area contributed by atoms with Gasteiger partial charge in [-0.15, -0.1) is 0 Å². The average Bonchev–Trinajstić information content (AvgIpc) is 2.66. The molecule has 3 nitrogen and oxygen atoms in total. The predicted molar refractivity (Wildman–Crippen MR) is 74.3 cm³/mol. The monoisotopic (exact) mass is 250 g/mol. The molecule has 0 aromatic carbocycles. The Morgan fingerprint density at radius 2 is 1.56 bits per heavy atom. The van der Waals surface area contributed by atoms with E-state index in [1.807, 2.05) is 6.20 Å². The highest BCUT2D eigenvalue weighted by Crippen LogP contribution is 2.21. The van der Waals surface area contributed by atoms with E-state index < -0.39 is 0 Å². The Kier molecular flexibility index (Phi) is 5.56. The highest BCUT2D eigenvalue weighted by molar-refractivity contribution is 5.75. The van der Waals surface area contributed by atoms with Gasteiger partial charge >= 0.3 is 6.03 Å². The van der Waals surface area contributed by atoms with Crippen LogP contribution in [0.1, 0.15) is 70.6 Å². The van der Waals surface area contributed by atoms with Gasteiger partial charge < -0.3 is 10.6 Å². The lowest BCUT2D eigenvalue weighted by atomic mass is 9.96. The van der Waals surface area contributed by atoms with Crippen LogP contribution < -0.4 is 10.6 Å². The molecule has 2 saturated carbocycles. The van der Waals surface area contributed by atoms with Gasteiger partial charge in [0, 0.05) is 12.2 Å². The summed E-state index contributed by atoms with van der Waals surface area (Å²) in [5.74, 6) is 0. The van der Waals surface area contributed by atoms with Crippen LogP contribution in [0.3, 0.4) is 0 Å². The maximum Gasteiger partial charge on any atom is 0.318 e. The minimum Gasteiger partial charge on any atom is -0.335 e. The molecule has 2 rings (SSSR count). The molecule has 0 aromatic heterocycles. The first-order valence-corrected chi connectivity index (χ1v) is 7.59. The Hall–Kier alpha value is -0.990. The summed E-state index contributed by atoms with van der Waals surface area (Å²) in [5.41, 5.74) is 1.40. The molecule has 2 aliphatic rings. The lowest BCUT2D eigenvalue weighted by Gasteiger charge is -2.17. The molecule has 0 atom stereocenters. The number of hydrogen-bond donors (Lipinski definition) is 2. The molecule has 0 aromatic rings. The van der Waals surface area contributed by atoms with E-state index in [2.05, 4.69) is 10.6 Å². The number of urea groups is 1. The van der Waals surface area contributed by atoms with Crippen molar-refractivity contribution in [3.8, 4) is 0 Å². The number of nitrogens with one attached hydrogen (secondary N) is 2. The van der Waals surface area contributed by atoms with Crippen molar-refractivity contribution >= 4 is 6.03 Å². The molecule has 0 bridgehead atoms. The van der Waals surface area contributed by atoms with E-state index in [0.717, 1.165) is 25.7 Å². The molecule has 2 N–H and O–H groups in total. The number of amides is 2. The van der Waals surface area contributed by atoms with Gasteiger partial charge in [-0.3, -0.25) is 0 Å². The molecular weight excluding hydrogens is 224 g/mol. The van der Waals surface area contributed by atoms with Gasteiger partial charge in [0.15, 0.2) is 0 Å². The predicted octanol–water partition coefficient (Wildman–Crippen LogP) is 3.86. The van der Waals surface area contributed by atoms with Gasteiger partial charge in [0.25, 0.3) is 0 Å². The fourth-order valence-corrected chi connectivity index (χ4v) is 2.97. The van der Waals surface area contributed by atoms with E-state index in [1.165, 1.54) is 50.5 Å². The lowest BCUT2D eigenvalue weighted by Crippen LogP contribution is -2.40. The van der Waals surface area contributed by atoms with Crippen LogP contribution in [-0.4, -0.2) is 12.1 Å².